The van der Waals surface area contributed by atoms with Gasteiger partial charge < -0.3 is 15.4 Å². The largest absolute Gasteiger partial charge is 0.394 e. The maximum Gasteiger partial charge on any atom is 0.0954 e. The first-order valence-electron chi connectivity index (χ1n) is 6.21. The molecule has 2 aromatic rings. The molecule has 0 aliphatic rings. The summed E-state index contributed by atoms with van der Waals surface area (Å²) >= 11 is 0. The molecule has 0 fully saturated rings. The molecule has 0 bridgehead atoms. The molecule has 1 heterocycles. The van der Waals surface area contributed by atoms with Crippen molar-refractivity contribution in [2.24, 2.45) is 5.73 Å². The van der Waals surface area contributed by atoms with Gasteiger partial charge in [-0.2, -0.15) is 0 Å². The van der Waals surface area contributed by atoms with E-state index in [-0.39, 0.29) is 18.7 Å². The second-order valence-electron chi connectivity index (χ2n) is 4.35. The minimum absolute atomic E-state index is 0.0725. The van der Waals surface area contributed by atoms with Gasteiger partial charge in [0.25, 0.3) is 0 Å². The molecule has 3 N–H and O–H groups in total. The van der Waals surface area contributed by atoms with Crippen LogP contribution in [-0.4, -0.2) is 21.3 Å². The lowest BCUT2D eigenvalue weighted by molar-refractivity contribution is 0.262. The Bertz CT molecular complexity index is 481. The van der Waals surface area contributed by atoms with E-state index in [9.17, 15) is 5.11 Å². The van der Waals surface area contributed by atoms with Gasteiger partial charge in [0.15, 0.2) is 0 Å². The molecule has 2 rings (SSSR count). The average molecular weight is 245 g/mol. The fourth-order valence-electron chi connectivity index (χ4n) is 2.22. The van der Waals surface area contributed by atoms with Crippen LogP contribution in [0.15, 0.2) is 42.9 Å². The van der Waals surface area contributed by atoms with Gasteiger partial charge in [-0.3, -0.25) is 0 Å². The van der Waals surface area contributed by atoms with E-state index in [2.05, 4.69) is 28.6 Å². The number of aliphatic hydroxyl groups is 1. The highest BCUT2D eigenvalue weighted by atomic mass is 16.3. The van der Waals surface area contributed by atoms with Crippen molar-refractivity contribution in [1.29, 1.82) is 0 Å². The summed E-state index contributed by atoms with van der Waals surface area (Å²) in [7, 11) is 0. The Labute approximate surface area is 107 Å². The lowest BCUT2D eigenvalue weighted by atomic mass is 10.0. The summed E-state index contributed by atoms with van der Waals surface area (Å²) in [4.78, 5) is 4.16. The maximum absolute atomic E-state index is 9.19. The highest BCUT2D eigenvalue weighted by Gasteiger charge is 2.17. The minimum Gasteiger partial charge on any atom is -0.394 e. The van der Waals surface area contributed by atoms with Crippen LogP contribution >= 0.6 is 0 Å². The number of rotatable bonds is 5. The zero-order chi connectivity index (χ0) is 13.0. The average Bonchev–Trinajstić information content (AvgIpc) is 2.89. The number of benzene rings is 1. The van der Waals surface area contributed by atoms with E-state index in [0.29, 0.717) is 0 Å². The van der Waals surface area contributed by atoms with Crippen molar-refractivity contribution in [1.82, 2.24) is 9.55 Å². The van der Waals surface area contributed by atoms with Crippen molar-refractivity contribution < 1.29 is 5.11 Å². The molecule has 0 aliphatic carbocycles. The fourth-order valence-corrected chi connectivity index (χ4v) is 2.22. The van der Waals surface area contributed by atoms with Gasteiger partial charge in [0, 0.05) is 6.20 Å². The third kappa shape index (κ3) is 2.44. The molecule has 0 saturated carbocycles. The van der Waals surface area contributed by atoms with E-state index < -0.39 is 0 Å². The first-order chi connectivity index (χ1) is 8.77. The van der Waals surface area contributed by atoms with Crippen LogP contribution in [-0.2, 0) is 0 Å². The molecule has 0 saturated heterocycles. The monoisotopic (exact) mass is 245 g/mol. The first-order valence-corrected chi connectivity index (χ1v) is 6.21. The molecule has 1 aromatic heterocycles. The molecule has 1 aromatic carbocycles. The van der Waals surface area contributed by atoms with Gasteiger partial charge in [-0.15, -0.1) is 0 Å². The van der Waals surface area contributed by atoms with Gasteiger partial charge in [0.1, 0.15) is 0 Å². The molecule has 96 valence electrons. The normalized spacial score (nSPS) is 14.4. The summed E-state index contributed by atoms with van der Waals surface area (Å²) in [6.07, 6.45) is 4.46. The van der Waals surface area contributed by atoms with Crippen molar-refractivity contribution in [2.75, 3.05) is 6.61 Å². The summed E-state index contributed by atoms with van der Waals surface area (Å²) in [5.74, 6) is 0. The summed E-state index contributed by atoms with van der Waals surface area (Å²) in [6, 6.07) is 10.1. The Morgan fingerprint density at radius 2 is 2.06 bits per heavy atom. The van der Waals surface area contributed by atoms with Gasteiger partial charge in [-0.05, 0) is 12.0 Å². The van der Waals surface area contributed by atoms with E-state index >= 15 is 0 Å². The maximum atomic E-state index is 9.19. The van der Waals surface area contributed by atoms with Crippen molar-refractivity contribution in [3.8, 4) is 0 Å². The topological polar surface area (TPSA) is 64.1 Å². The van der Waals surface area contributed by atoms with Crippen LogP contribution in [0, 0.1) is 0 Å². The predicted molar refractivity (Wildman–Crippen MR) is 71.1 cm³/mol. The quantitative estimate of drug-likeness (QED) is 0.845. The molecule has 2 unspecified atom stereocenters. The number of aliphatic hydroxyl groups excluding tert-OH is 1. The Hall–Kier alpha value is -1.65. The zero-order valence-electron chi connectivity index (χ0n) is 10.5. The fraction of sp³-hybridized carbons (Fsp3) is 0.357. The zero-order valence-corrected chi connectivity index (χ0v) is 10.5. The molecule has 4 heteroatoms. The van der Waals surface area contributed by atoms with E-state index in [1.807, 2.05) is 18.2 Å². The van der Waals surface area contributed by atoms with E-state index in [1.54, 1.807) is 12.5 Å². The van der Waals surface area contributed by atoms with Gasteiger partial charge >= 0.3 is 0 Å². The molecular formula is C14H19N3O. The summed E-state index contributed by atoms with van der Waals surface area (Å²) in [5, 5.41) is 9.19. The summed E-state index contributed by atoms with van der Waals surface area (Å²) in [6.45, 7) is 2.06. The smallest absolute Gasteiger partial charge is 0.0954 e. The van der Waals surface area contributed by atoms with Crippen molar-refractivity contribution in [3.63, 3.8) is 0 Å². The van der Waals surface area contributed by atoms with Gasteiger partial charge in [0.2, 0.25) is 0 Å². The van der Waals surface area contributed by atoms with Crippen LogP contribution in [0.5, 0.6) is 0 Å². The Balaban J connectivity index is 2.37. The number of imidazole rings is 1. The van der Waals surface area contributed by atoms with E-state index in [4.69, 9.17) is 5.73 Å². The Morgan fingerprint density at radius 1 is 1.33 bits per heavy atom. The van der Waals surface area contributed by atoms with Gasteiger partial charge in [-0.25, -0.2) is 4.98 Å². The molecule has 0 spiro atoms. The van der Waals surface area contributed by atoms with Crippen molar-refractivity contribution >= 4 is 0 Å². The number of hydrogen-bond acceptors (Lipinski definition) is 3. The van der Waals surface area contributed by atoms with Gasteiger partial charge in [-0.1, -0.05) is 37.3 Å². The Morgan fingerprint density at radius 3 is 2.67 bits per heavy atom. The predicted octanol–water partition coefficient (Wildman–Crippen LogP) is 1.87. The van der Waals surface area contributed by atoms with E-state index in [0.717, 1.165) is 12.1 Å². The van der Waals surface area contributed by atoms with Crippen LogP contribution in [0.3, 0.4) is 0 Å². The SMILES string of the molecule is CCC(c1ccccc1)n1cncc1C(N)CO. The van der Waals surface area contributed by atoms with Crippen molar-refractivity contribution in [2.45, 2.75) is 25.4 Å². The van der Waals surface area contributed by atoms with Crippen LogP contribution in [0.25, 0.3) is 0 Å². The second kappa shape index (κ2) is 5.80. The van der Waals surface area contributed by atoms with Gasteiger partial charge in [0.05, 0.1) is 30.7 Å². The highest BCUT2D eigenvalue weighted by Crippen LogP contribution is 2.25. The first kappa shape index (κ1) is 12.8. The second-order valence-corrected chi connectivity index (χ2v) is 4.35. The number of aromatic nitrogens is 2. The van der Waals surface area contributed by atoms with E-state index in [1.165, 1.54) is 5.56 Å². The standard InChI is InChI=1S/C14H19N3O/c1-2-13(11-6-4-3-5-7-11)17-10-16-8-14(17)12(15)9-18/h3-8,10,12-13,18H,2,9,15H2,1H3. The Kier molecular flexibility index (Phi) is 4.12. The molecule has 0 radical (unpaired) electrons. The summed E-state index contributed by atoms with van der Waals surface area (Å²) < 4.78 is 2.05. The number of nitrogens with two attached hydrogens (primary N) is 1. The highest BCUT2D eigenvalue weighted by molar-refractivity contribution is 5.21. The van der Waals surface area contributed by atoms with Crippen LogP contribution in [0.2, 0.25) is 0 Å². The van der Waals surface area contributed by atoms with Crippen LogP contribution in [0.1, 0.15) is 36.7 Å². The van der Waals surface area contributed by atoms with Crippen LogP contribution in [0.4, 0.5) is 0 Å². The third-order valence-corrected chi connectivity index (χ3v) is 3.18. The minimum atomic E-state index is -0.384. The van der Waals surface area contributed by atoms with Crippen LogP contribution < -0.4 is 5.73 Å². The summed E-state index contributed by atoms with van der Waals surface area (Å²) in [5.41, 5.74) is 7.99. The molecule has 0 amide bonds. The number of nitrogens with zero attached hydrogens (tertiary/aromatic N) is 2. The molecule has 2 atom stereocenters. The molecule has 0 aliphatic heterocycles. The molecular weight excluding hydrogens is 226 g/mol. The lowest BCUT2D eigenvalue weighted by Gasteiger charge is -2.22. The number of hydrogen-bond donors (Lipinski definition) is 2. The molecule has 4 nitrogen and oxygen atoms in total. The lowest BCUT2D eigenvalue weighted by Crippen LogP contribution is -2.21. The molecule has 18 heavy (non-hydrogen) atoms. The van der Waals surface area contributed by atoms with Crippen molar-refractivity contribution in [3.05, 3.63) is 54.1 Å². The third-order valence-electron chi connectivity index (χ3n) is 3.18.